The van der Waals surface area contributed by atoms with Gasteiger partial charge in [0, 0.05) is 45.2 Å². The molecule has 3 rings (SSSR count). The SMILES string of the molecule is COCCCC[C@@](O)(c1ccccc1Oc1c(C)cccc1Cl)[C@@H]1CCCN(C(C)=O)C1. The van der Waals surface area contributed by atoms with Gasteiger partial charge in [-0.1, -0.05) is 41.9 Å². The monoisotopic (exact) mass is 459 g/mol. The van der Waals surface area contributed by atoms with Gasteiger partial charge in [0.1, 0.15) is 11.5 Å². The molecule has 1 fully saturated rings. The van der Waals surface area contributed by atoms with E-state index in [-0.39, 0.29) is 11.8 Å². The van der Waals surface area contributed by atoms with Crippen molar-refractivity contribution in [3.05, 3.63) is 58.6 Å². The van der Waals surface area contributed by atoms with Gasteiger partial charge in [-0.05, 0) is 56.7 Å². The third-order valence-electron chi connectivity index (χ3n) is 6.43. The number of hydrogen-bond acceptors (Lipinski definition) is 4. The first-order chi connectivity index (χ1) is 15.4. The van der Waals surface area contributed by atoms with Crippen LogP contribution < -0.4 is 4.74 Å². The number of amides is 1. The molecule has 0 radical (unpaired) electrons. The lowest BCUT2D eigenvalue weighted by molar-refractivity contribution is -0.134. The Morgan fingerprint density at radius 3 is 2.72 bits per heavy atom. The molecule has 1 heterocycles. The summed E-state index contributed by atoms with van der Waals surface area (Å²) in [5, 5.41) is 12.7. The fourth-order valence-corrected chi connectivity index (χ4v) is 4.88. The molecule has 174 valence electrons. The van der Waals surface area contributed by atoms with E-state index in [1.807, 2.05) is 48.2 Å². The third kappa shape index (κ3) is 5.64. The Labute approximate surface area is 196 Å². The van der Waals surface area contributed by atoms with Gasteiger partial charge in [-0.25, -0.2) is 0 Å². The lowest BCUT2D eigenvalue weighted by Gasteiger charge is -2.43. The number of hydrogen-bond donors (Lipinski definition) is 1. The number of carbonyl (C=O) groups is 1. The molecule has 0 aliphatic carbocycles. The van der Waals surface area contributed by atoms with Crippen molar-refractivity contribution in [3.8, 4) is 11.5 Å². The quantitative estimate of drug-likeness (QED) is 0.488. The summed E-state index contributed by atoms with van der Waals surface area (Å²) in [6, 6.07) is 13.3. The maximum atomic E-state index is 12.2. The fourth-order valence-electron chi connectivity index (χ4n) is 4.62. The number of piperidine rings is 1. The van der Waals surface area contributed by atoms with Gasteiger partial charge < -0.3 is 19.5 Å². The number of para-hydroxylation sites is 2. The summed E-state index contributed by atoms with van der Waals surface area (Å²) in [4.78, 5) is 13.9. The van der Waals surface area contributed by atoms with Crippen LogP contribution in [0.5, 0.6) is 11.5 Å². The highest BCUT2D eigenvalue weighted by Gasteiger charge is 2.42. The van der Waals surface area contributed by atoms with Crippen LogP contribution in [0.3, 0.4) is 0 Å². The van der Waals surface area contributed by atoms with Crippen molar-refractivity contribution in [2.45, 2.75) is 51.6 Å². The summed E-state index contributed by atoms with van der Waals surface area (Å²) in [5.74, 6) is 1.16. The van der Waals surface area contributed by atoms with Crippen LogP contribution in [0.1, 0.15) is 50.2 Å². The van der Waals surface area contributed by atoms with Crippen LogP contribution in [0.4, 0.5) is 0 Å². The molecular formula is C26H34ClNO4. The predicted molar refractivity (Wildman–Crippen MR) is 127 cm³/mol. The van der Waals surface area contributed by atoms with Gasteiger partial charge in [0.2, 0.25) is 5.91 Å². The largest absolute Gasteiger partial charge is 0.455 e. The fraction of sp³-hybridized carbons (Fsp3) is 0.500. The van der Waals surface area contributed by atoms with Crippen molar-refractivity contribution < 1.29 is 19.4 Å². The van der Waals surface area contributed by atoms with Crippen LogP contribution >= 0.6 is 11.6 Å². The van der Waals surface area contributed by atoms with E-state index >= 15 is 0 Å². The number of likely N-dealkylation sites (tertiary alicyclic amines) is 1. The number of rotatable bonds is 9. The van der Waals surface area contributed by atoms with E-state index in [1.165, 1.54) is 0 Å². The molecule has 0 spiro atoms. The molecule has 6 heteroatoms. The Morgan fingerprint density at radius 1 is 1.22 bits per heavy atom. The molecular weight excluding hydrogens is 426 g/mol. The van der Waals surface area contributed by atoms with Crippen molar-refractivity contribution in [1.29, 1.82) is 0 Å². The summed E-state index contributed by atoms with van der Waals surface area (Å²) in [6.07, 6.45) is 3.95. The van der Waals surface area contributed by atoms with Crippen LogP contribution in [0.25, 0.3) is 0 Å². The highest BCUT2D eigenvalue weighted by atomic mass is 35.5. The van der Waals surface area contributed by atoms with Gasteiger partial charge in [0.05, 0.1) is 10.6 Å². The molecule has 5 nitrogen and oxygen atoms in total. The average molecular weight is 460 g/mol. The van der Waals surface area contributed by atoms with Crippen molar-refractivity contribution in [2.75, 3.05) is 26.8 Å². The summed E-state index contributed by atoms with van der Waals surface area (Å²) in [7, 11) is 1.69. The summed E-state index contributed by atoms with van der Waals surface area (Å²) in [5.41, 5.74) is 0.539. The van der Waals surface area contributed by atoms with Crippen molar-refractivity contribution >= 4 is 17.5 Å². The number of methoxy groups -OCH3 is 1. The lowest BCUT2D eigenvalue weighted by Crippen LogP contribution is -2.47. The zero-order valence-electron chi connectivity index (χ0n) is 19.3. The Hall–Kier alpha value is -2.08. The zero-order chi connectivity index (χ0) is 23.1. The number of carbonyl (C=O) groups excluding carboxylic acids is 1. The molecule has 0 bridgehead atoms. The van der Waals surface area contributed by atoms with Gasteiger partial charge in [-0.15, -0.1) is 0 Å². The van der Waals surface area contributed by atoms with E-state index in [4.69, 9.17) is 21.1 Å². The van der Waals surface area contributed by atoms with Gasteiger partial charge in [0.25, 0.3) is 0 Å². The normalized spacial score (nSPS) is 18.3. The lowest BCUT2D eigenvalue weighted by atomic mass is 9.73. The molecule has 1 aliphatic heterocycles. The summed E-state index contributed by atoms with van der Waals surface area (Å²) >= 11 is 6.42. The molecule has 0 unspecified atom stereocenters. The number of halogens is 1. The molecule has 0 saturated carbocycles. The predicted octanol–water partition coefficient (Wildman–Crippen LogP) is 5.70. The van der Waals surface area contributed by atoms with E-state index in [2.05, 4.69) is 0 Å². The number of unbranched alkanes of at least 4 members (excludes halogenated alkanes) is 1. The first-order valence-corrected chi connectivity index (χ1v) is 11.7. The van der Waals surface area contributed by atoms with Gasteiger partial charge in [-0.2, -0.15) is 0 Å². The molecule has 1 amide bonds. The Balaban J connectivity index is 1.98. The minimum absolute atomic E-state index is 0.0488. The minimum atomic E-state index is -1.13. The first-order valence-electron chi connectivity index (χ1n) is 11.4. The number of nitrogens with zero attached hydrogens (tertiary/aromatic N) is 1. The van der Waals surface area contributed by atoms with E-state index in [9.17, 15) is 9.90 Å². The molecule has 2 atom stereocenters. The molecule has 0 aromatic heterocycles. The molecule has 1 aliphatic rings. The number of ether oxygens (including phenoxy) is 2. The van der Waals surface area contributed by atoms with Gasteiger partial charge in [-0.3, -0.25) is 4.79 Å². The van der Waals surface area contributed by atoms with Crippen LogP contribution in [-0.4, -0.2) is 42.7 Å². The van der Waals surface area contributed by atoms with Crippen LogP contribution in [0.2, 0.25) is 5.02 Å². The number of benzene rings is 2. The zero-order valence-corrected chi connectivity index (χ0v) is 20.0. The van der Waals surface area contributed by atoms with Crippen LogP contribution in [0, 0.1) is 12.8 Å². The molecule has 32 heavy (non-hydrogen) atoms. The van der Waals surface area contributed by atoms with Gasteiger partial charge >= 0.3 is 0 Å². The van der Waals surface area contributed by atoms with Crippen LogP contribution in [-0.2, 0) is 15.1 Å². The van der Waals surface area contributed by atoms with Crippen molar-refractivity contribution in [1.82, 2.24) is 4.90 Å². The standard InChI is InChI=1S/C26H34ClNO4/c1-19-10-8-13-23(27)25(19)32-24-14-5-4-12-22(24)26(30,15-6-7-17-31-3)21-11-9-16-28(18-21)20(2)29/h4-5,8,10,12-14,21,30H,6-7,9,11,15-18H2,1-3H3/t21-,26+/m1/s1. The third-order valence-corrected chi connectivity index (χ3v) is 6.73. The summed E-state index contributed by atoms with van der Waals surface area (Å²) in [6.45, 7) is 5.47. The smallest absolute Gasteiger partial charge is 0.219 e. The second-order valence-electron chi connectivity index (χ2n) is 8.66. The number of aliphatic hydroxyl groups is 1. The molecule has 1 N–H and O–H groups in total. The average Bonchev–Trinajstić information content (AvgIpc) is 2.79. The minimum Gasteiger partial charge on any atom is -0.455 e. The van der Waals surface area contributed by atoms with Crippen molar-refractivity contribution in [2.24, 2.45) is 5.92 Å². The summed E-state index contributed by atoms with van der Waals surface area (Å²) < 4.78 is 11.5. The number of aryl methyl sites for hydroxylation is 1. The van der Waals surface area contributed by atoms with E-state index in [0.717, 1.165) is 43.4 Å². The highest BCUT2D eigenvalue weighted by molar-refractivity contribution is 6.32. The highest BCUT2D eigenvalue weighted by Crippen LogP contribution is 2.45. The Kier molecular flexibility index (Phi) is 8.57. The van der Waals surface area contributed by atoms with Crippen molar-refractivity contribution in [3.63, 3.8) is 0 Å². The maximum absolute atomic E-state index is 12.2. The second-order valence-corrected chi connectivity index (χ2v) is 9.07. The molecule has 2 aromatic carbocycles. The molecule has 2 aromatic rings. The van der Waals surface area contributed by atoms with Gasteiger partial charge in [0.15, 0.2) is 0 Å². The Morgan fingerprint density at radius 2 is 2.00 bits per heavy atom. The van der Waals surface area contributed by atoms with E-state index < -0.39 is 5.60 Å². The van der Waals surface area contributed by atoms with E-state index in [0.29, 0.717) is 36.1 Å². The molecule has 1 saturated heterocycles. The second kappa shape index (κ2) is 11.2. The first kappa shape index (κ1) is 24.6. The van der Waals surface area contributed by atoms with Crippen LogP contribution in [0.15, 0.2) is 42.5 Å². The van der Waals surface area contributed by atoms with E-state index in [1.54, 1.807) is 20.1 Å². The topological polar surface area (TPSA) is 59.0 Å². The maximum Gasteiger partial charge on any atom is 0.219 e. The Bertz CT molecular complexity index is 898.